The zero-order valence-electron chi connectivity index (χ0n) is 41.7. The minimum atomic E-state index is -1.67. The van der Waals surface area contributed by atoms with Gasteiger partial charge in [0.25, 0.3) is 0 Å². The van der Waals surface area contributed by atoms with Crippen LogP contribution in [0, 0.1) is 11.8 Å². The maximum atomic E-state index is 13.9. The lowest BCUT2D eigenvalue weighted by atomic mass is 9.95. The number of hydrogen-bond donors (Lipinski definition) is 14. The Kier molecular flexibility index (Phi) is 25.3. The quantitative estimate of drug-likeness (QED) is 0.0230. The van der Waals surface area contributed by atoms with Crippen LogP contribution in [0.5, 0.6) is 11.5 Å². The van der Waals surface area contributed by atoms with E-state index in [2.05, 4.69) is 42.2 Å². The third kappa shape index (κ3) is 21.3. The third-order valence-corrected chi connectivity index (χ3v) is 11.9. The molecule has 0 saturated heterocycles. The molecular weight excluding hydrogens is 919 g/mol. The topological polar surface area (TPSA) is 404 Å². The molecule has 8 atom stereocenters. The molecule has 2 rings (SSSR count). The predicted molar refractivity (Wildman–Crippen MR) is 267 cm³/mol. The Morgan fingerprint density at radius 2 is 1.13 bits per heavy atom. The number of guanidine groups is 1. The summed E-state index contributed by atoms with van der Waals surface area (Å²) in [5.41, 5.74) is 27.8. The minimum Gasteiger partial charge on any atom is -0.508 e. The Hall–Kier alpha value is -7.01. The monoisotopic (exact) mass is 996 g/mol. The minimum absolute atomic E-state index is 0.0144. The molecule has 0 aliphatic heterocycles. The number of nitrogens with zero attached hydrogens (tertiary/aromatic N) is 1. The molecule has 394 valence electrons. The second-order valence-electron chi connectivity index (χ2n) is 18.3. The van der Waals surface area contributed by atoms with Crippen molar-refractivity contribution in [1.82, 2.24) is 37.2 Å². The van der Waals surface area contributed by atoms with Crippen molar-refractivity contribution < 1.29 is 48.6 Å². The highest BCUT2D eigenvalue weighted by Crippen LogP contribution is 2.16. The van der Waals surface area contributed by atoms with Crippen molar-refractivity contribution in [3.05, 3.63) is 59.7 Å². The molecule has 2 aromatic carbocycles. The maximum Gasteiger partial charge on any atom is 0.245 e. The first-order valence-corrected chi connectivity index (χ1v) is 23.9. The normalized spacial score (nSPS) is 14.6. The van der Waals surface area contributed by atoms with Gasteiger partial charge in [0.2, 0.25) is 47.3 Å². The van der Waals surface area contributed by atoms with E-state index >= 15 is 0 Å². The fourth-order valence-electron chi connectivity index (χ4n) is 7.10. The fraction of sp³-hybridized carbons (Fsp3) is 0.562. The number of nitrogens with one attached hydrogen (secondary N) is 7. The summed E-state index contributed by atoms with van der Waals surface area (Å²) in [6, 6.07) is 5.17. The number of rotatable bonds is 31. The molecule has 0 saturated carbocycles. The van der Waals surface area contributed by atoms with Crippen LogP contribution in [0.4, 0.5) is 0 Å². The van der Waals surface area contributed by atoms with E-state index in [-0.39, 0.29) is 56.1 Å². The molecule has 0 fully saturated rings. The largest absolute Gasteiger partial charge is 0.508 e. The number of carbonyl (C=O) groups excluding carboxylic acids is 8. The molecular formula is C48H77N13O10. The number of aromatic hydroxyl groups is 2. The van der Waals surface area contributed by atoms with Gasteiger partial charge in [-0.3, -0.25) is 43.3 Å². The lowest BCUT2D eigenvalue weighted by molar-refractivity contribution is -0.137. The molecule has 0 heterocycles. The van der Waals surface area contributed by atoms with E-state index in [0.29, 0.717) is 43.4 Å². The molecule has 0 spiro atoms. The van der Waals surface area contributed by atoms with E-state index in [4.69, 9.17) is 28.7 Å². The van der Waals surface area contributed by atoms with Crippen LogP contribution >= 0.6 is 0 Å². The highest BCUT2D eigenvalue weighted by atomic mass is 16.3. The number of nitrogens with two attached hydrogens (primary N) is 5. The number of phenols is 2. The number of aliphatic imine (C=N–C) groups is 1. The van der Waals surface area contributed by atoms with Gasteiger partial charge in [-0.05, 0) is 106 Å². The average Bonchev–Trinajstić information content (AvgIpc) is 3.32. The number of unbranched alkanes of at least 4 members (excludes halogenated alkanes) is 1. The van der Waals surface area contributed by atoms with Gasteiger partial charge in [0.1, 0.15) is 47.2 Å². The van der Waals surface area contributed by atoms with Gasteiger partial charge >= 0.3 is 0 Å². The number of benzene rings is 2. The smallest absolute Gasteiger partial charge is 0.245 e. The van der Waals surface area contributed by atoms with Crippen LogP contribution in [0.1, 0.15) is 97.6 Å². The van der Waals surface area contributed by atoms with Crippen molar-refractivity contribution >= 4 is 53.2 Å². The van der Waals surface area contributed by atoms with E-state index in [1.807, 2.05) is 0 Å². The van der Waals surface area contributed by atoms with Gasteiger partial charge in [-0.25, -0.2) is 0 Å². The molecule has 71 heavy (non-hydrogen) atoms. The SMILES string of the molecule is CC[C@H](C)[C@H](NC(=O)CNC(=O)[C@@H](NC(=O)C(C)(C)NC(=O)[C@H](Cc1ccc(O)cc1)NC(=O)[C@@H](N)Cc1ccc(O)cc1)[C@@H](C)CC)C(=O)N[C@@H](CCCN=C(N)N)C(=O)N[C@@H](CCCCN)C(N)=O. The summed E-state index contributed by atoms with van der Waals surface area (Å²) in [6.45, 7) is 9.73. The van der Waals surface area contributed by atoms with E-state index in [9.17, 15) is 48.6 Å². The van der Waals surface area contributed by atoms with Crippen molar-refractivity contribution in [3.63, 3.8) is 0 Å². The first-order chi connectivity index (χ1) is 33.4. The Bertz CT molecular complexity index is 2120. The molecule has 2 aromatic rings. The van der Waals surface area contributed by atoms with Crippen molar-refractivity contribution in [2.45, 2.75) is 141 Å². The number of carbonyl (C=O) groups is 8. The lowest BCUT2D eigenvalue weighted by Crippen LogP contribution is -2.63. The van der Waals surface area contributed by atoms with Crippen molar-refractivity contribution in [2.24, 2.45) is 45.5 Å². The number of hydrogen-bond acceptors (Lipinski definition) is 13. The van der Waals surface area contributed by atoms with Gasteiger partial charge in [-0.15, -0.1) is 0 Å². The summed E-state index contributed by atoms with van der Waals surface area (Å²) in [5, 5.41) is 37.9. The first-order valence-electron chi connectivity index (χ1n) is 23.9. The van der Waals surface area contributed by atoms with Gasteiger partial charge in [-0.1, -0.05) is 64.8 Å². The second kappa shape index (κ2) is 29.9. The van der Waals surface area contributed by atoms with Gasteiger partial charge in [0.15, 0.2) is 5.96 Å². The molecule has 0 unspecified atom stereocenters. The number of amides is 8. The van der Waals surface area contributed by atoms with Crippen LogP contribution in [0.3, 0.4) is 0 Å². The predicted octanol–water partition coefficient (Wildman–Crippen LogP) is -1.59. The lowest BCUT2D eigenvalue weighted by Gasteiger charge is -2.32. The van der Waals surface area contributed by atoms with Crippen LogP contribution in [0.2, 0.25) is 0 Å². The summed E-state index contributed by atoms with van der Waals surface area (Å²) in [4.78, 5) is 112. The maximum absolute atomic E-state index is 13.9. The summed E-state index contributed by atoms with van der Waals surface area (Å²) >= 11 is 0. The molecule has 0 bridgehead atoms. The Morgan fingerprint density at radius 3 is 1.65 bits per heavy atom. The molecule has 0 aliphatic carbocycles. The Morgan fingerprint density at radius 1 is 0.620 bits per heavy atom. The Balaban J connectivity index is 2.21. The van der Waals surface area contributed by atoms with Crippen LogP contribution in [-0.4, -0.2) is 125 Å². The van der Waals surface area contributed by atoms with Gasteiger partial charge in [-0.2, -0.15) is 0 Å². The first kappa shape index (κ1) is 60.1. The summed E-state index contributed by atoms with van der Waals surface area (Å²) < 4.78 is 0. The standard InChI is InChI=1S/C48H77N13O10/c1-7-27(3)38(60-46(71)48(5,6)61-43(68)36(25-30-16-20-32(63)21-17-30)58-41(66)33(50)24-29-14-18-31(62)19-15-29)44(69)55-26-37(64)59-39(28(4)8-2)45(70)57-35(13-11-23-54-47(52)53)42(67)56-34(40(51)65)12-9-10-22-49/h14-21,27-28,33-36,38-39,62-63H,7-13,22-26,49-50H2,1-6H3,(H2,51,65)(H,55,69)(H,56,67)(H,57,70)(H,58,66)(H,59,64)(H,60,71)(H,61,68)(H4,52,53,54)/t27-,28-,33-,34-,35-,36-,38-,39-/m0/s1. The number of primary amides is 1. The van der Waals surface area contributed by atoms with Crippen LogP contribution < -0.4 is 65.9 Å². The van der Waals surface area contributed by atoms with E-state index in [1.54, 1.807) is 52.0 Å². The summed E-state index contributed by atoms with van der Waals surface area (Å²) in [7, 11) is 0. The zero-order valence-corrected chi connectivity index (χ0v) is 41.7. The van der Waals surface area contributed by atoms with Gasteiger partial charge in [0, 0.05) is 13.0 Å². The van der Waals surface area contributed by atoms with E-state index in [1.165, 1.54) is 38.1 Å². The zero-order chi connectivity index (χ0) is 53.4. The average molecular weight is 996 g/mol. The van der Waals surface area contributed by atoms with E-state index in [0.717, 1.165) is 0 Å². The van der Waals surface area contributed by atoms with Crippen molar-refractivity contribution in [2.75, 3.05) is 19.6 Å². The van der Waals surface area contributed by atoms with Crippen LogP contribution in [0.15, 0.2) is 53.5 Å². The highest BCUT2D eigenvalue weighted by Gasteiger charge is 2.37. The molecule has 23 heteroatoms. The van der Waals surface area contributed by atoms with Gasteiger partial charge < -0.3 is 76.1 Å². The summed E-state index contributed by atoms with van der Waals surface area (Å²) in [5.74, 6) is -6.93. The highest BCUT2D eigenvalue weighted by molar-refractivity contribution is 5.98. The molecule has 19 N–H and O–H groups in total. The molecule has 0 aliphatic rings. The van der Waals surface area contributed by atoms with E-state index < -0.39 is 107 Å². The summed E-state index contributed by atoms with van der Waals surface area (Å²) in [6.07, 6.45) is 2.51. The van der Waals surface area contributed by atoms with Crippen molar-refractivity contribution in [3.8, 4) is 11.5 Å². The van der Waals surface area contributed by atoms with Crippen molar-refractivity contribution in [1.29, 1.82) is 0 Å². The molecule has 0 aromatic heterocycles. The third-order valence-electron chi connectivity index (χ3n) is 11.9. The second-order valence-corrected chi connectivity index (χ2v) is 18.3. The molecule has 8 amide bonds. The van der Waals surface area contributed by atoms with Crippen LogP contribution in [0.25, 0.3) is 0 Å². The fourth-order valence-corrected chi connectivity index (χ4v) is 7.10. The number of phenolic OH excluding ortho intramolecular Hbond substituents is 2. The molecule has 23 nitrogen and oxygen atoms in total. The van der Waals surface area contributed by atoms with Crippen LogP contribution in [-0.2, 0) is 51.2 Å². The Labute approximate surface area is 415 Å². The van der Waals surface area contributed by atoms with Gasteiger partial charge in [0.05, 0.1) is 12.6 Å². The molecule has 0 radical (unpaired) electrons.